The van der Waals surface area contributed by atoms with Gasteiger partial charge in [-0.25, -0.2) is 4.98 Å². The van der Waals surface area contributed by atoms with E-state index in [1.807, 2.05) is 26.0 Å². The molecule has 0 unspecified atom stereocenters. The molecule has 94 valence electrons. The number of ether oxygens (including phenoxy) is 1. The molecule has 0 amide bonds. The van der Waals surface area contributed by atoms with Gasteiger partial charge in [0.15, 0.2) is 0 Å². The molecule has 18 heavy (non-hydrogen) atoms. The molecule has 0 radical (unpaired) electrons. The summed E-state index contributed by atoms with van der Waals surface area (Å²) in [4.78, 5) is 8.39. The Bertz CT molecular complexity index is 540. The van der Waals surface area contributed by atoms with Gasteiger partial charge in [0.1, 0.15) is 5.75 Å². The van der Waals surface area contributed by atoms with E-state index in [-0.39, 0.29) is 0 Å². The smallest absolute Gasteiger partial charge is 0.225 e. The SMILES string of the molecule is CCNc1nccc(Oc2cccc(C)c2C)n1. The summed E-state index contributed by atoms with van der Waals surface area (Å²) in [6.07, 6.45) is 1.69. The van der Waals surface area contributed by atoms with Crippen LogP contribution in [0.2, 0.25) is 0 Å². The molecule has 1 heterocycles. The Morgan fingerprint density at radius 2 is 2.06 bits per heavy atom. The van der Waals surface area contributed by atoms with Crippen molar-refractivity contribution in [1.82, 2.24) is 9.97 Å². The monoisotopic (exact) mass is 243 g/mol. The van der Waals surface area contributed by atoms with Crippen LogP contribution in [0.25, 0.3) is 0 Å². The zero-order valence-corrected chi connectivity index (χ0v) is 10.9. The Labute approximate surface area is 107 Å². The summed E-state index contributed by atoms with van der Waals surface area (Å²) in [6.45, 7) is 6.89. The number of hydrogen-bond acceptors (Lipinski definition) is 4. The number of nitrogens with zero attached hydrogens (tertiary/aromatic N) is 2. The second kappa shape index (κ2) is 5.49. The van der Waals surface area contributed by atoms with Gasteiger partial charge in [-0.3, -0.25) is 0 Å². The van der Waals surface area contributed by atoms with E-state index in [1.165, 1.54) is 5.56 Å². The molecule has 4 heteroatoms. The third-order valence-corrected chi connectivity index (χ3v) is 2.73. The molecule has 1 aromatic heterocycles. The van der Waals surface area contributed by atoms with Crippen LogP contribution in [-0.4, -0.2) is 16.5 Å². The normalized spacial score (nSPS) is 10.2. The number of anilines is 1. The third-order valence-electron chi connectivity index (χ3n) is 2.73. The second-order valence-electron chi connectivity index (χ2n) is 4.05. The van der Waals surface area contributed by atoms with Gasteiger partial charge in [0.25, 0.3) is 0 Å². The summed E-state index contributed by atoms with van der Waals surface area (Å²) < 4.78 is 5.79. The molecule has 2 rings (SSSR count). The summed E-state index contributed by atoms with van der Waals surface area (Å²) in [5.74, 6) is 1.96. The Balaban J connectivity index is 2.23. The number of nitrogens with one attached hydrogen (secondary N) is 1. The highest BCUT2D eigenvalue weighted by atomic mass is 16.5. The fraction of sp³-hybridized carbons (Fsp3) is 0.286. The number of aryl methyl sites for hydroxylation is 1. The topological polar surface area (TPSA) is 47.0 Å². The van der Waals surface area contributed by atoms with E-state index in [4.69, 9.17) is 4.74 Å². The van der Waals surface area contributed by atoms with Gasteiger partial charge >= 0.3 is 0 Å². The van der Waals surface area contributed by atoms with Crippen LogP contribution in [0.3, 0.4) is 0 Å². The summed E-state index contributed by atoms with van der Waals surface area (Å²) in [5.41, 5.74) is 2.33. The first-order valence-electron chi connectivity index (χ1n) is 6.01. The standard InChI is InChI=1S/C14H17N3O/c1-4-15-14-16-9-8-13(17-14)18-12-7-5-6-10(2)11(12)3/h5-9H,4H2,1-3H3,(H,15,16,17). The van der Waals surface area contributed by atoms with E-state index < -0.39 is 0 Å². The van der Waals surface area contributed by atoms with Crippen molar-refractivity contribution in [2.75, 3.05) is 11.9 Å². The minimum atomic E-state index is 0.551. The molecule has 0 saturated carbocycles. The lowest BCUT2D eigenvalue weighted by molar-refractivity contribution is 0.458. The summed E-state index contributed by atoms with van der Waals surface area (Å²) in [7, 11) is 0. The maximum absolute atomic E-state index is 5.79. The van der Waals surface area contributed by atoms with E-state index in [0.29, 0.717) is 11.8 Å². The Kier molecular flexibility index (Phi) is 3.77. The predicted molar refractivity (Wildman–Crippen MR) is 72.2 cm³/mol. The molecular formula is C14H17N3O. The molecule has 0 bridgehead atoms. The van der Waals surface area contributed by atoms with Gasteiger partial charge in [-0.1, -0.05) is 12.1 Å². The molecule has 1 aromatic carbocycles. The molecule has 0 atom stereocenters. The Morgan fingerprint density at radius 3 is 2.83 bits per heavy atom. The van der Waals surface area contributed by atoms with Crippen LogP contribution in [0.5, 0.6) is 11.6 Å². The molecule has 0 saturated heterocycles. The molecule has 2 aromatic rings. The number of rotatable bonds is 4. The first kappa shape index (κ1) is 12.4. The minimum Gasteiger partial charge on any atom is -0.439 e. The molecule has 0 aliphatic carbocycles. The summed E-state index contributed by atoms with van der Waals surface area (Å²) in [5, 5.41) is 3.06. The molecule has 0 aliphatic rings. The molecule has 0 spiro atoms. The molecular weight excluding hydrogens is 226 g/mol. The van der Waals surface area contributed by atoms with Gasteiger partial charge in [-0.05, 0) is 38.0 Å². The van der Waals surface area contributed by atoms with Crippen LogP contribution in [-0.2, 0) is 0 Å². The van der Waals surface area contributed by atoms with E-state index in [2.05, 4.69) is 28.3 Å². The Hall–Kier alpha value is -2.10. The van der Waals surface area contributed by atoms with Crippen LogP contribution in [0, 0.1) is 13.8 Å². The molecule has 4 nitrogen and oxygen atoms in total. The van der Waals surface area contributed by atoms with E-state index in [9.17, 15) is 0 Å². The third kappa shape index (κ3) is 2.77. The highest BCUT2D eigenvalue weighted by Crippen LogP contribution is 2.25. The van der Waals surface area contributed by atoms with Gasteiger partial charge in [-0.2, -0.15) is 4.98 Å². The number of hydrogen-bond donors (Lipinski definition) is 1. The van der Waals surface area contributed by atoms with E-state index in [0.717, 1.165) is 17.9 Å². The van der Waals surface area contributed by atoms with Gasteiger partial charge in [0, 0.05) is 18.8 Å². The maximum atomic E-state index is 5.79. The van der Waals surface area contributed by atoms with E-state index >= 15 is 0 Å². The summed E-state index contributed by atoms with van der Waals surface area (Å²) >= 11 is 0. The average Bonchev–Trinajstić information content (AvgIpc) is 2.36. The lowest BCUT2D eigenvalue weighted by atomic mass is 10.1. The average molecular weight is 243 g/mol. The van der Waals surface area contributed by atoms with Crippen molar-refractivity contribution in [3.05, 3.63) is 41.6 Å². The molecule has 0 fully saturated rings. The van der Waals surface area contributed by atoms with Crippen molar-refractivity contribution in [3.63, 3.8) is 0 Å². The highest BCUT2D eigenvalue weighted by Gasteiger charge is 2.05. The van der Waals surface area contributed by atoms with Gasteiger partial charge in [-0.15, -0.1) is 0 Å². The lowest BCUT2D eigenvalue weighted by Gasteiger charge is -2.10. The van der Waals surface area contributed by atoms with Crippen molar-refractivity contribution in [3.8, 4) is 11.6 Å². The highest BCUT2D eigenvalue weighted by molar-refractivity contribution is 5.40. The second-order valence-corrected chi connectivity index (χ2v) is 4.05. The van der Waals surface area contributed by atoms with Gasteiger partial charge in [0.2, 0.25) is 11.8 Å². The van der Waals surface area contributed by atoms with Crippen molar-refractivity contribution < 1.29 is 4.74 Å². The zero-order valence-electron chi connectivity index (χ0n) is 10.9. The summed E-state index contributed by atoms with van der Waals surface area (Å²) in [6, 6.07) is 7.73. The van der Waals surface area contributed by atoms with Gasteiger partial charge in [0.05, 0.1) is 0 Å². The van der Waals surface area contributed by atoms with Crippen LogP contribution in [0.4, 0.5) is 5.95 Å². The molecule has 0 aliphatic heterocycles. The van der Waals surface area contributed by atoms with Crippen molar-refractivity contribution >= 4 is 5.95 Å². The number of aromatic nitrogens is 2. The van der Waals surface area contributed by atoms with Crippen molar-refractivity contribution in [2.24, 2.45) is 0 Å². The van der Waals surface area contributed by atoms with Crippen LogP contribution in [0.1, 0.15) is 18.1 Å². The Morgan fingerprint density at radius 1 is 1.22 bits per heavy atom. The van der Waals surface area contributed by atoms with Crippen molar-refractivity contribution in [2.45, 2.75) is 20.8 Å². The fourth-order valence-corrected chi connectivity index (χ4v) is 1.59. The van der Waals surface area contributed by atoms with E-state index in [1.54, 1.807) is 12.3 Å². The maximum Gasteiger partial charge on any atom is 0.225 e. The van der Waals surface area contributed by atoms with Crippen LogP contribution in [0.15, 0.2) is 30.5 Å². The first-order chi connectivity index (χ1) is 8.70. The minimum absolute atomic E-state index is 0.551. The largest absolute Gasteiger partial charge is 0.439 e. The predicted octanol–water partition coefficient (Wildman–Crippen LogP) is 3.32. The molecule has 1 N–H and O–H groups in total. The van der Waals surface area contributed by atoms with Crippen molar-refractivity contribution in [1.29, 1.82) is 0 Å². The van der Waals surface area contributed by atoms with Crippen LogP contribution >= 0.6 is 0 Å². The number of benzene rings is 1. The fourth-order valence-electron chi connectivity index (χ4n) is 1.59. The van der Waals surface area contributed by atoms with Gasteiger partial charge < -0.3 is 10.1 Å². The quantitative estimate of drug-likeness (QED) is 0.894. The zero-order chi connectivity index (χ0) is 13.0. The van der Waals surface area contributed by atoms with Crippen LogP contribution < -0.4 is 10.1 Å². The first-order valence-corrected chi connectivity index (χ1v) is 6.01. The lowest BCUT2D eigenvalue weighted by Crippen LogP contribution is -2.02.